The molecule has 0 unspecified atom stereocenters. The van der Waals surface area contributed by atoms with Crippen molar-refractivity contribution in [1.82, 2.24) is 9.80 Å². The van der Waals surface area contributed by atoms with Crippen molar-refractivity contribution in [2.45, 2.75) is 6.92 Å². The predicted octanol–water partition coefficient (Wildman–Crippen LogP) is 2.70. The highest BCUT2D eigenvalue weighted by molar-refractivity contribution is 7.12. The van der Waals surface area contributed by atoms with Gasteiger partial charge in [0.05, 0.1) is 11.4 Å². The maximum absolute atomic E-state index is 12.6. The van der Waals surface area contributed by atoms with E-state index in [2.05, 4.69) is 4.90 Å². The molecule has 0 atom stereocenters. The van der Waals surface area contributed by atoms with Crippen LogP contribution in [0.25, 0.3) is 0 Å². The second kappa shape index (κ2) is 7.06. The number of carbonyl (C=O) groups excluding carboxylic acids is 2. The highest BCUT2D eigenvalue weighted by Gasteiger charge is 2.24. The lowest BCUT2D eigenvalue weighted by Crippen LogP contribution is -2.50. The van der Waals surface area contributed by atoms with E-state index in [1.807, 2.05) is 53.6 Å². The molecule has 0 saturated carbocycles. The first-order valence-electron chi connectivity index (χ1n) is 7.79. The summed E-state index contributed by atoms with van der Waals surface area (Å²) in [5, 5.41) is 1.92. The Labute approximate surface area is 140 Å². The maximum Gasteiger partial charge on any atom is 0.254 e. The molecular weight excluding hydrogens is 308 g/mol. The van der Waals surface area contributed by atoms with Gasteiger partial charge >= 0.3 is 0 Å². The van der Waals surface area contributed by atoms with Crippen LogP contribution in [0.2, 0.25) is 0 Å². The molecule has 0 spiro atoms. The first kappa shape index (κ1) is 15.9. The fourth-order valence-corrected chi connectivity index (χ4v) is 3.47. The molecular formula is C18H20N2O2S. The predicted molar refractivity (Wildman–Crippen MR) is 92.2 cm³/mol. The minimum atomic E-state index is 0.0901. The van der Waals surface area contributed by atoms with Crippen molar-refractivity contribution >= 4 is 23.0 Å². The average Bonchev–Trinajstić information content (AvgIpc) is 3.10. The van der Waals surface area contributed by atoms with Gasteiger partial charge in [-0.05, 0) is 30.0 Å². The van der Waals surface area contributed by atoms with Gasteiger partial charge in [0.25, 0.3) is 5.91 Å². The molecule has 1 aliphatic rings. The van der Waals surface area contributed by atoms with Crippen LogP contribution >= 0.6 is 11.3 Å². The molecule has 23 heavy (non-hydrogen) atoms. The lowest BCUT2D eigenvalue weighted by molar-refractivity contribution is 0.0624. The van der Waals surface area contributed by atoms with Crippen LogP contribution in [0.3, 0.4) is 0 Å². The van der Waals surface area contributed by atoms with Crippen molar-refractivity contribution < 1.29 is 9.59 Å². The second-order valence-corrected chi connectivity index (χ2v) is 6.73. The number of benzene rings is 1. The molecule has 0 N–H and O–H groups in total. The molecule has 0 radical (unpaired) electrons. The van der Waals surface area contributed by atoms with Crippen molar-refractivity contribution in [1.29, 1.82) is 0 Å². The summed E-state index contributed by atoms with van der Waals surface area (Å²) in [5.41, 5.74) is 1.78. The first-order chi connectivity index (χ1) is 11.1. The van der Waals surface area contributed by atoms with Crippen molar-refractivity contribution in [2.75, 3.05) is 32.7 Å². The number of hydrogen-bond donors (Lipinski definition) is 0. The Morgan fingerprint density at radius 1 is 1.04 bits per heavy atom. The first-order valence-corrected chi connectivity index (χ1v) is 8.67. The summed E-state index contributed by atoms with van der Waals surface area (Å²) in [6, 6.07) is 11.5. The minimum Gasteiger partial charge on any atom is -0.336 e. The van der Waals surface area contributed by atoms with Gasteiger partial charge < -0.3 is 4.90 Å². The third-order valence-corrected chi connectivity index (χ3v) is 5.11. The molecule has 1 aliphatic heterocycles. The summed E-state index contributed by atoms with van der Waals surface area (Å²) < 4.78 is 0. The number of rotatable bonds is 4. The third kappa shape index (κ3) is 3.68. The topological polar surface area (TPSA) is 40.6 Å². The zero-order chi connectivity index (χ0) is 16.2. The van der Waals surface area contributed by atoms with E-state index in [9.17, 15) is 9.59 Å². The highest BCUT2D eigenvalue weighted by Crippen LogP contribution is 2.14. The number of ketones is 1. The molecule has 1 fully saturated rings. The molecule has 3 rings (SSSR count). The van der Waals surface area contributed by atoms with E-state index in [4.69, 9.17) is 0 Å². The maximum atomic E-state index is 12.6. The molecule has 5 heteroatoms. The van der Waals surface area contributed by atoms with Gasteiger partial charge in [-0.3, -0.25) is 14.5 Å². The van der Waals surface area contributed by atoms with Gasteiger partial charge in [-0.15, -0.1) is 11.3 Å². The number of carbonyl (C=O) groups is 2. The normalized spacial score (nSPS) is 15.6. The summed E-state index contributed by atoms with van der Waals surface area (Å²) in [7, 11) is 0. The smallest absolute Gasteiger partial charge is 0.254 e. The van der Waals surface area contributed by atoms with Crippen LogP contribution in [-0.2, 0) is 0 Å². The Morgan fingerprint density at radius 3 is 2.43 bits per heavy atom. The fourth-order valence-electron chi connectivity index (χ4n) is 2.81. The molecule has 0 aliphatic carbocycles. The third-order valence-electron chi connectivity index (χ3n) is 4.20. The van der Waals surface area contributed by atoms with E-state index in [1.54, 1.807) is 0 Å². The fraction of sp³-hybridized carbons (Fsp3) is 0.333. The largest absolute Gasteiger partial charge is 0.336 e. The molecule has 120 valence electrons. The van der Waals surface area contributed by atoms with Crippen LogP contribution in [0.4, 0.5) is 0 Å². The van der Waals surface area contributed by atoms with E-state index in [-0.39, 0.29) is 11.7 Å². The summed E-state index contributed by atoms with van der Waals surface area (Å²) in [5.74, 6) is 0.256. The zero-order valence-corrected chi connectivity index (χ0v) is 14.0. The van der Waals surface area contributed by atoms with Crippen molar-refractivity contribution in [3.63, 3.8) is 0 Å². The number of nitrogens with zero attached hydrogens (tertiary/aromatic N) is 2. The number of thiophene rings is 1. The van der Waals surface area contributed by atoms with E-state index < -0.39 is 0 Å². The number of amides is 1. The standard InChI is InChI=1S/C18H20N2O2S/c1-14-5-2-3-6-15(14)18(22)20-10-8-19(9-11-20)13-16(21)17-7-4-12-23-17/h2-7,12H,8-11,13H2,1H3. The number of hydrogen-bond acceptors (Lipinski definition) is 4. The molecule has 1 saturated heterocycles. The molecule has 1 aromatic heterocycles. The Bertz CT molecular complexity index is 689. The lowest BCUT2D eigenvalue weighted by Gasteiger charge is -2.34. The van der Waals surface area contributed by atoms with Gasteiger partial charge in [-0.25, -0.2) is 0 Å². The van der Waals surface area contributed by atoms with Crippen molar-refractivity contribution in [3.05, 3.63) is 57.8 Å². The molecule has 4 nitrogen and oxygen atoms in total. The van der Waals surface area contributed by atoms with E-state index in [0.717, 1.165) is 29.1 Å². The quantitative estimate of drug-likeness (QED) is 0.810. The summed E-state index contributed by atoms with van der Waals surface area (Å²) in [6.45, 7) is 5.23. The monoisotopic (exact) mass is 328 g/mol. The van der Waals surface area contributed by atoms with Crippen LogP contribution in [0.1, 0.15) is 25.6 Å². The van der Waals surface area contributed by atoms with E-state index in [1.165, 1.54) is 11.3 Å². The Morgan fingerprint density at radius 2 is 1.78 bits per heavy atom. The molecule has 1 amide bonds. The van der Waals surface area contributed by atoms with Crippen molar-refractivity contribution in [3.8, 4) is 0 Å². The summed E-state index contributed by atoms with van der Waals surface area (Å²) in [6.07, 6.45) is 0. The van der Waals surface area contributed by atoms with Crippen molar-refractivity contribution in [2.24, 2.45) is 0 Å². The molecule has 0 bridgehead atoms. The van der Waals surface area contributed by atoms with Gasteiger partial charge in [-0.1, -0.05) is 24.3 Å². The number of piperazine rings is 1. The van der Waals surface area contributed by atoms with Gasteiger partial charge in [0.2, 0.25) is 0 Å². The van der Waals surface area contributed by atoms with Crippen LogP contribution in [0.5, 0.6) is 0 Å². The summed E-state index contributed by atoms with van der Waals surface area (Å²) >= 11 is 1.48. The SMILES string of the molecule is Cc1ccccc1C(=O)N1CCN(CC(=O)c2cccs2)CC1. The Hall–Kier alpha value is -1.98. The van der Waals surface area contributed by atoms with Gasteiger partial charge in [-0.2, -0.15) is 0 Å². The van der Waals surface area contributed by atoms with Gasteiger partial charge in [0.1, 0.15) is 0 Å². The lowest BCUT2D eigenvalue weighted by atomic mass is 10.1. The molecule has 2 heterocycles. The summed E-state index contributed by atoms with van der Waals surface area (Å²) in [4.78, 5) is 29.5. The average molecular weight is 328 g/mol. The van der Waals surface area contributed by atoms with Crippen LogP contribution in [0.15, 0.2) is 41.8 Å². The molecule has 2 aromatic rings. The van der Waals surface area contributed by atoms with Crippen LogP contribution in [0, 0.1) is 6.92 Å². The van der Waals surface area contributed by atoms with Gasteiger partial charge in [0, 0.05) is 31.7 Å². The highest BCUT2D eigenvalue weighted by atomic mass is 32.1. The minimum absolute atomic E-state index is 0.0901. The number of aryl methyl sites for hydroxylation is 1. The number of Topliss-reactive ketones (excluding diaryl/α,β-unsaturated/α-hetero) is 1. The van der Waals surface area contributed by atoms with E-state index >= 15 is 0 Å². The van der Waals surface area contributed by atoms with Gasteiger partial charge in [0.15, 0.2) is 5.78 Å². The van der Waals surface area contributed by atoms with Crippen LogP contribution < -0.4 is 0 Å². The van der Waals surface area contributed by atoms with E-state index in [0.29, 0.717) is 19.6 Å². The molecule has 1 aromatic carbocycles. The van der Waals surface area contributed by atoms with Crippen LogP contribution in [-0.4, -0.2) is 54.2 Å². The zero-order valence-electron chi connectivity index (χ0n) is 13.2. The second-order valence-electron chi connectivity index (χ2n) is 5.78. The Kier molecular flexibility index (Phi) is 4.88. The Balaban J connectivity index is 1.55.